The van der Waals surface area contributed by atoms with Crippen molar-refractivity contribution in [2.75, 3.05) is 44.2 Å². The van der Waals surface area contributed by atoms with Crippen molar-refractivity contribution >= 4 is 17.9 Å². The summed E-state index contributed by atoms with van der Waals surface area (Å²) in [5.41, 5.74) is 5.28. The smallest absolute Gasteiger partial charge is 0.161 e. The summed E-state index contributed by atoms with van der Waals surface area (Å²) >= 11 is 0. The molecule has 204 valence electrons. The molecule has 0 bridgehead atoms. The van der Waals surface area contributed by atoms with E-state index in [2.05, 4.69) is 67.2 Å². The highest BCUT2D eigenvalue weighted by Gasteiger charge is 2.13. The molecule has 38 heavy (non-hydrogen) atoms. The predicted molar refractivity (Wildman–Crippen MR) is 155 cm³/mol. The predicted octanol–water partition coefficient (Wildman–Crippen LogP) is 6.27. The van der Waals surface area contributed by atoms with Gasteiger partial charge in [-0.1, -0.05) is 46.8 Å². The number of hydrazone groups is 1. The van der Waals surface area contributed by atoms with Crippen molar-refractivity contribution in [2.45, 2.75) is 52.9 Å². The Bertz CT molecular complexity index is 1180. The van der Waals surface area contributed by atoms with Crippen LogP contribution in [-0.2, 0) is 5.41 Å². The fraction of sp³-hybridized carbons (Fsp3) is 0.433. The summed E-state index contributed by atoms with van der Waals surface area (Å²) in [6, 6.07) is 15.8. The van der Waals surface area contributed by atoms with Crippen LogP contribution >= 0.6 is 0 Å². The number of aromatic nitrogens is 2. The summed E-state index contributed by atoms with van der Waals surface area (Å²) in [7, 11) is 3.91. The van der Waals surface area contributed by atoms with Crippen molar-refractivity contribution < 1.29 is 14.2 Å². The molecular formula is C30H41N5O3. The van der Waals surface area contributed by atoms with Crippen molar-refractivity contribution in [1.82, 2.24) is 9.97 Å². The maximum Gasteiger partial charge on any atom is 0.161 e. The Balaban J connectivity index is 1.59. The minimum atomic E-state index is 0.118. The summed E-state index contributed by atoms with van der Waals surface area (Å²) in [5.74, 6) is 4.59. The average Bonchev–Trinajstić information content (AvgIpc) is 2.87. The van der Waals surface area contributed by atoms with Crippen LogP contribution in [0.2, 0.25) is 0 Å². The first-order valence-electron chi connectivity index (χ1n) is 13.0. The molecular weight excluding hydrogens is 478 g/mol. The third-order valence-corrected chi connectivity index (χ3v) is 5.69. The minimum absolute atomic E-state index is 0.118. The molecule has 0 saturated carbocycles. The molecule has 0 amide bonds. The standard InChI is InChI=1S/C30H41N5O3/c1-9-36-26-18-22(20-31-34-27-19-28(35(7)8)33-29(32-27)21(2)3)10-15-25(26)38-17-16-37-24-13-11-23(12-14-24)30(4,5)6/h10-15,18-21H,9,16-17H2,1-8H3,(H,32,33,34). The zero-order valence-electron chi connectivity index (χ0n) is 23.9. The number of hydrogen-bond donors (Lipinski definition) is 1. The van der Waals surface area contributed by atoms with E-state index in [1.165, 1.54) is 5.56 Å². The summed E-state index contributed by atoms with van der Waals surface area (Å²) < 4.78 is 17.6. The first-order chi connectivity index (χ1) is 18.1. The molecule has 0 atom stereocenters. The Kier molecular flexibility index (Phi) is 9.93. The highest BCUT2D eigenvalue weighted by molar-refractivity contribution is 5.81. The summed E-state index contributed by atoms with van der Waals surface area (Å²) in [6.07, 6.45) is 1.73. The Morgan fingerprint density at radius 3 is 2.26 bits per heavy atom. The highest BCUT2D eigenvalue weighted by atomic mass is 16.5. The zero-order chi connectivity index (χ0) is 27.7. The number of benzene rings is 2. The largest absolute Gasteiger partial charge is 0.490 e. The van der Waals surface area contributed by atoms with Gasteiger partial charge in [-0.25, -0.2) is 9.97 Å². The zero-order valence-corrected chi connectivity index (χ0v) is 23.9. The van der Waals surface area contributed by atoms with E-state index < -0.39 is 0 Å². The van der Waals surface area contributed by atoms with E-state index in [0.29, 0.717) is 37.1 Å². The molecule has 1 heterocycles. The monoisotopic (exact) mass is 519 g/mol. The van der Waals surface area contributed by atoms with Gasteiger partial charge in [-0.3, -0.25) is 5.43 Å². The summed E-state index contributed by atoms with van der Waals surface area (Å²) in [4.78, 5) is 11.1. The Morgan fingerprint density at radius 2 is 1.63 bits per heavy atom. The Morgan fingerprint density at radius 1 is 0.921 bits per heavy atom. The van der Waals surface area contributed by atoms with E-state index in [0.717, 1.165) is 23.0 Å². The maximum absolute atomic E-state index is 5.96. The summed E-state index contributed by atoms with van der Waals surface area (Å²) in [6.45, 7) is 14.0. The Hall–Kier alpha value is -3.81. The average molecular weight is 520 g/mol. The number of anilines is 2. The van der Waals surface area contributed by atoms with E-state index in [1.54, 1.807) is 6.21 Å². The van der Waals surface area contributed by atoms with Crippen LogP contribution in [0.3, 0.4) is 0 Å². The van der Waals surface area contributed by atoms with Crippen LogP contribution in [-0.4, -0.2) is 50.1 Å². The van der Waals surface area contributed by atoms with Gasteiger partial charge in [0.1, 0.15) is 30.6 Å². The summed E-state index contributed by atoms with van der Waals surface area (Å²) in [5, 5.41) is 4.37. The van der Waals surface area contributed by atoms with Crippen LogP contribution in [0.5, 0.6) is 17.2 Å². The SMILES string of the molecule is CCOc1cc(C=NNc2cc(N(C)C)nc(C(C)C)n2)ccc1OCCOc1ccc(C(C)(C)C)cc1. The maximum atomic E-state index is 5.96. The number of rotatable bonds is 12. The van der Waals surface area contributed by atoms with Crippen molar-refractivity contribution in [3.63, 3.8) is 0 Å². The van der Waals surface area contributed by atoms with Crippen molar-refractivity contribution in [2.24, 2.45) is 5.10 Å². The molecule has 2 aromatic carbocycles. The quantitative estimate of drug-likeness (QED) is 0.172. The lowest BCUT2D eigenvalue weighted by Crippen LogP contribution is -2.13. The van der Waals surface area contributed by atoms with Gasteiger partial charge in [-0.15, -0.1) is 0 Å². The van der Waals surface area contributed by atoms with Gasteiger partial charge < -0.3 is 19.1 Å². The molecule has 8 nitrogen and oxygen atoms in total. The first kappa shape index (κ1) is 28.8. The van der Waals surface area contributed by atoms with Gasteiger partial charge in [0.25, 0.3) is 0 Å². The second-order valence-electron chi connectivity index (χ2n) is 10.5. The molecule has 1 N–H and O–H groups in total. The fourth-order valence-corrected chi connectivity index (χ4v) is 3.52. The van der Waals surface area contributed by atoms with Crippen molar-refractivity contribution in [1.29, 1.82) is 0 Å². The van der Waals surface area contributed by atoms with E-state index in [9.17, 15) is 0 Å². The van der Waals surface area contributed by atoms with Crippen LogP contribution in [0.15, 0.2) is 53.6 Å². The van der Waals surface area contributed by atoms with Crippen molar-refractivity contribution in [3.8, 4) is 17.2 Å². The topological polar surface area (TPSA) is 81.1 Å². The lowest BCUT2D eigenvalue weighted by molar-refractivity contribution is 0.208. The second kappa shape index (κ2) is 13.1. The lowest BCUT2D eigenvalue weighted by Gasteiger charge is -2.19. The number of ether oxygens (including phenoxy) is 3. The molecule has 0 unspecified atom stereocenters. The van der Waals surface area contributed by atoms with E-state index in [-0.39, 0.29) is 11.3 Å². The van der Waals surface area contributed by atoms with Crippen molar-refractivity contribution in [3.05, 3.63) is 65.5 Å². The minimum Gasteiger partial charge on any atom is -0.490 e. The molecule has 0 aliphatic rings. The normalized spacial score (nSPS) is 11.6. The van der Waals surface area contributed by atoms with Gasteiger partial charge in [0, 0.05) is 26.1 Å². The van der Waals surface area contributed by atoms with E-state index >= 15 is 0 Å². The third kappa shape index (κ3) is 8.36. The molecule has 0 radical (unpaired) electrons. The van der Waals surface area contributed by atoms with Gasteiger partial charge in [0.15, 0.2) is 17.3 Å². The first-order valence-corrected chi connectivity index (χ1v) is 13.0. The molecule has 0 spiro atoms. The fourth-order valence-electron chi connectivity index (χ4n) is 3.52. The molecule has 1 aromatic heterocycles. The molecule has 0 aliphatic heterocycles. The molecule has 3 aromatic rings. The molecule has 0 fully saturated rings. The van der Waals surface area contributed by atoms with Crippen LogP contribution in [0.1, 0.15) is 64.4 Å². The number of nitrogens with one attached hydrogen (secondary N) is 1. The van der Waals surface area contributed by atoms with Gasteiger partial charge >= 0.3 is 0 Å². The van der Waals surface area contributed by atoms with Crippen LogP contribution in [0.25, 0.3) is 0 Å². The van der Waals surface area contributed by atoms with E-state index in [1.807, 2.05) is 62.3 Å². The second-order valence-corrected chi connectivity index (χ2v) is 10.5. The lowest BCUT2D eigenvalue weighted by atomic mass is 9.87. The van der Waals surface area contributed by atoms with Gasteiger partial charge in [0.05, 0.1) is 12.8 Å². The van der Waals surface area contributed by atoms with Crippen LogP contribution < -0.4 is 24.5 Å². The van der Waals surface area contributed by atoms with Crippen LogP contribution in [0, 0.1) is 0 Å². The molecule has 3 rings (SSSR count). The molecule has 0 aliphatic carbocycles. The van der Waals surface area contributed by atoms with Gasteiger partial charge in [-0.05, 0) is 53.8 Å². The number of hydrogen-bond acceptors (Lipinski definition) is 8. The molecule has 0 saturated heterocycles. The van der Waals surface area contributed by atoms with E-state index in [4.69, 9.17) is 14.2 Å². The highest BCUT2D eigenvalue weighted by Crippen LogP contribution is 2.28. The van der Waals surface area contributed by atoms with Gasteiger partial charge in [-0.2, -0.15) is 5.10 Å². The van der Waals surface area contributed by atoms with Gasteiger partial charge in [0.2, 0.25) is 0 Å². The third-order valence-electron chi connectivity index (χ3n) is 5.69. The Labute approximate surface area is 227 Å². The van der Waals surface area contributed by atoms with Crippen LogP contribution in [0.4, 0.5) is 11.6 Å². The molecule has 8 heteroatoms. The number of nitrogens with zero attached hydrogens (tertiary/aromatic N) is 4.